The molecule has 450 valence electrons. The fraction of sp³-hybridized carbons (Fsp3) is 0.592. The number of aliphatic hydroxyl groups excluding tert-OH is 5. The van der Waals surface area contributed by atoms with E-state index in [-0.39, 0.29) is 12.5 Å². The van der Waals surface area contributed by atoms with Gasteiger partial charge in [-0.25, -0.2) is 0 Å². The van der Waals surface area contributed by atoms with E-state index in [1.54, 1.807) is 6.08 Å². The third-order valence-electron chi connectivity index (χ3n) is 13.5. The second kappa shape index (κ2) is 57.8. The largest absolute Gasteiger partial charge is 0.394 e. The Labute approximate surface area is 488 Å². The Morgan fingerprint density at radius 1 is 0.438 bits per heavy atom. The minimum Gasteiger partial charge on any atom is -0.394 e. The number of aliphatic hydroxyl groups is 5. The Hall–Kier alpha value is -4.45. The molecule has 6 N–H and O–H groups in total. The third kappa shape index (κ3) is 46.2. The van der Waals surface area contributed by atoms with E-state index in [1.165, 1.54) is 57.8 Å². The van der Waals surface area contributed by atoms with Crippen molar-refractivity contribution >= 4 is 5.91 Å². The lowest BCUT2D eigenvalue weighted by Crippen LogP contribution is -2.60. The van der Waals surface area contributed by atoms with Gasteiger partial charge in [-0.15, -0.1) is 0 Å². The number of nitrogens with one attached hydrogen (secondary N) is 1. The number of unbranched alkanes of at least 4 members (excludes halogenated alkanes) is 15. The summed E-state index contributed by atoms with van der Waals surface area (Å²) < 4.78 is 11.2. The Bertz CT molecular complexity index is 1860. The first kappa shape index (κ1) is 73.6. The summed E-state index contributed by atoms with van der Waals surface area (Å²) in [6.07, 6.45) is 85.7. The number of carbonyl (C=O) groups excluding carboxylic acids is 1. The van der Waals surface area contributed by atoms with Gasteiger partial charge in [-0.05, 0) is 128 Å². The molecule has 1 aliphatic rings. The highest BCUT2D eigenvalue weighted by molar-refractivity contribution is 5.76. The van der Waals surface area contributed by atoms with Gasteiger partial charge in [0.2, 0.25) is 5.91 Å². The van der Waals surface area contributed by atoms with Crippen LogP contribution < -0.4 is 5.32 Å². The van der Waals surface area contributed by atoms with Crippen LogP contribution >= 0.6 is 0 Å². The van der Waals surface area contributed by atoms with E-state index < -0.39 is 49.5 Å². The molecule has 0 aromatic rings. The number of ether oxygens (including phenoxy) is 2. The van der Waals surface area contributed by atoms with Gasteiger partial charge in [0, 0.05) is 6.42 Å². The summed E-state index contributed by atoms with van der Waals surface area (Å²) in [6, 6.07) is -0.847. The Morgan fingerprint density at radius 2 is 0.787 bits per heavy atom. The number of carbonyl (C=O) groups is 1. The predicted octanol–water partition coefficient (Wildman–Crippen LogP) is 16.6. The molecule has 0 saturated carbocycles. The second-order valence-corrected chi connectivity index (χ2v) is 20.7. The molecule has 0 bridgehead atoms. The van der Waals surface area contributed by atoms with Crippen molar-refractivity contribution in [1.82, 2.24) is 5.32 Å². The Balaban J connectivity index is 2.19. The monoisotopic (exact) mass is 1110 g/mol. The van der Waals surface area contributed by atoms with Gasteiger partial charge in [-0.3, -0.25) is 4.79 Å². The molecule has 1 rings (SSSR count). The topological polar surface area (TPSA) is 149 Å². The van der Waals surface area contributed by atoms with E-state index in [4.69, 9.17) is 9.47 Å². The minimum absolute atomic E-state index is 0.210. The molecule has 1 heterocycles. The summed E-state index contributed by atoms with van der Waals surface area (Å²) >= 11 is 0. The van der Waals surface area contributed by atoms with Crippen LogP contribution in [0.2, 0.25) is 0 Å². The van der Waals surface area contributed by atoms with Gasteiger partial charge in [0.15, 0.2) is 6.29 Å². The maximum atomic E-state index is 13.1. The van der Waals surface area contributed by atoms with Gasteiger partial charge in [-0.1, -0.05) is 248 Å². The van der Waals surface area contributed by atoms with E-state index in [0.29, 0.717) is 6.42 Å². The van der Waals surface area contributed by atoms with E-state index in [0.717, 1.165) is 135 Å². The van der Waals surface area contributed by atoms with Gasteiger partial charge in [0.25, 0.3) is 0 Å². The summed E-state index contributed by atoms with van der Waals surface area (Å²) in [7, 11) is 0. The SMILES string of the molecule is CC/C=C\C/C=C\C/C=C\C/C=C\C/C=C\C/C=C\C/C=C\C/C=C\C/C=C\C/C=C\C/C=C\CCCCCCCCCC(=O)NC(COC1OC(CO)C(O)C(O)C1O)C(O)/C=C/CC/C=C/CC/C=C/CCCCCCCC. The van der Waals surface area contributed by atoms with Crippen LogP contribution in [0.1, 0.15) is 213 Å². The first-order valence-corrected chi connectivity index (χ1v) is 31.4. The molecule has 1 amide bonds. The number of rotatable bonds is 51. The smallest absolute Gasteiger partial charge is 0.220 e. The molecular weight excluding hydrogens is 995 g/mol. The van der Waals surface area contributed by atoms with Crippen LogP contribution in [-0.2, 0) is 14.3 Å². The zero-order valence-corrected chi connectivity index (χ0v) is 50.0. The van der Waals surface area contributed by atoms with Crippen LogP contribution in [0, 0.1) is 0 Å². The molecule has 0 aromatic carbocycles. The van der Waals surface area contributed by atoms with E-state index in [9.17, 15) is 30.3 Å². The van der Waals surface area contributed by atoms with Crippen molar-refractivity contribution < 1.29 is 39.8 Å². The van der Waals surface area contributed by atoms with Crippen LogP contribution in [-0.4, -0.2) is 87.5 Å². The molecular formula is C71H113NO8. The van der Waals surface area contributed by atoms with Crippen molar-refractivity contribution in [2.45, 2.75) is 256 Å². The summed E-state index contributed by atoms with van der Waals surface area (Å²) in [4.78, 5) is 13.1. The van der Waals surface area contributed by atoms with E-state index in [1.807, 2.05) is 6.08 Å². The van der Waals surface area contributed by atoms with Gasteiger partial charge in [-0.2, -0.15) is 0 Å². The van der Waals surface area contributed by atoms with Crippen LogP contribution in [0.15, 0.2) is 170 Å². The number of hydrogen-bond acceptors (Lipinski definition) is 8. The van der Waals surface area contributed by atoms with Crippen molar-refractivity contribution in [3.05, 3.63) is 170 Å². The standard InChI is InChI=1S/C71H113NO8/c1-3-5-7-9-11-13-15-17-19-21-22-23-24-25-26-27-28-29-30-31-32-33-34-35-36-37-38-39-40-41-42-43-44-45-47-49-51-53-55-57-59-61-67(75)72-64(63-79-71-70(78)69(77)68(76)66(62-73)80-71)65(74)60-58-56-54-52-50-48-46-20-18-16-14-12-10-8-6-4-2/h5,7,11,13,17-20,22-23,25-26,28-29,31-32,34-35,37-38,40-41,43-44,50,52,58,60,64-66,68-71,73-74,76-78H,3-4,6,8-10,12,14-16,21,24,27,30,33,36,39,42,45-49,51,53-57,59,61-63H2,1-2H3,(H,72,75)/b7-5-,13-11-,19-17-,20-18+,23-22-,26-25-,29-28-,32-31-,35-34-,38-37-,41-40-,44-43-,52-50+,60-58+. The molecule has 7 atom stereocenters. The lowest BCUT2D eigenvalue weighted by Gasteiger charge is -2.40. The molecule has 9 heteroatoms. The predicted molar refractivity (Wildman–Crippen MR) is 340 cm³/mol. The third-order valence-corrected chi connectivity index (χ3v) is 13.5. The molecule has 0 spiro atoms. The fourth-order valence-electron chi connectivity index (χ4n) is 8.60. The Kier molecular flexibility index (Phi) is 53.1. The molecule has 7 unspecified atom stereocenters. The zero-order valence-electron chi connectivity index (χ0n) is 50.0. The number of hydrogen-bond donors (Lipinski definition) is 6. The number of allylic oxidation sites excluding steroid dienone is 27. The average Bonchev–Trinajstić information content (AvgIpc) is 3.46. The normalized spacial score (nSPS) is 19.7. The van der Waals surface area contributed by atoms with Crippen molar-refractivity contribution in [1.29, 1.82) is 0 Å². The highest BCUT2D eigenvalue weighted by atomic mass is 16.7. The van der Waals surface area contributed by atoms with Gasteiger partial charge in [0.05, 0.1) is 25.4 Å². The maximum Gasteiger partial charge on any atom is 0.220 e. The van der Waals surface area contributed by atoms with E-state index in [2.05, 4.69) is 177 Å². The molecule has 0 aromatic heterocycles. The minimum atomic E-state index is -1.59. The van der Waals surface area contributed by atoms with Crippen molar-refractivity contribution in [3.8, 4) is 0 Å². The molecule has 1 fully saturated rings. The molecule has 0 aliphatic carbocycles. The molecule has 80 heavy (non-hydrogen) atoms. The molecule has 1 aliphatic heterocycles. The van der Waals surface area contributed by atoms with E-state index >= 15 is 0 Å². The summed E-state index contributed by atoms with van der Waals surface area (Å²) in [5.74, 6) is -0.210. The Morgan fingerprint density at radius 3 is 1.20 bits per heavy atom. The maximum absolute atomic E-state index is 13.1. The second-order valence-electron chi connectivity index (χ2n) is 20.7. The average molecular weight is 1110 g/mol. The molecule has 0 radical (unpaired) electrons. The van der Waals surface area contributed by atoms with Gasteiger partial charge >= 0.3 is 0 Å². The van der Waals surface area contributed by atoms with Gasteiger partial charge < -0.3 is 40.3 Å². The van der Waals surface area contributed by atoms with Crippen LogP contribution in [0.25, 0.3) is 0 Å². The lowest BCUT2D eigenvalue weighted by molar-refractivity contribution is -0.302. The van der Waals surface area contributed by atoms with Crippen LogP contribution in [0.5, 0.6) is 0 Å². The van der Waals surface area contributed by atoms with Crippen molar-refractivity contribution in [2.24, 2.45) is 0 Å². The van der Waals surface area contributed by atoms with Gasteiger partial charge in [0.1, 0.15) is 24.4 Å². The number of amides is 1. The highest BCUT2D eigenvalue weighted by Gasteiger charge is 2.44. The van der Waals surface area contributed by atoms with Crippen molar-refractivity contribution in [2.75, 3.05) is 13.2 Å². The first-order chi connectivity index (χ1) is 39.3. The van der Waals surface area contributed by atoms with Crippen LogP contribution in [0.3, 0.4) is 0 Å². The highest BCUT2D eigenvalue weighted by Crippen LogP contribution is 2.23. The van der Waals surface area contributed by atoms with Crippen LogP contribution in [0.4, 0.5) is 0 Å². The van der Waals surface area contributed by atoms with Crippen molar-refractivity contribution in [3.63, 3.8) is 0 Å². The summed E-state index contributed by atoms with van der Waals surface area (Å²) in [5, 5.41) is 54.5. The zero-order chi connectivity index (χ0) is 57.9. The molecule has 1 saturated heterocycles. The molecule has 9 nitrogen and oxygen atoms in total. The lowest BCUT2D eigenvalue weighted by atomic mass is 9.99. The first-order valence-electron chi connectivity index (χ1n) is 31.4. The summed E-state index contributed by atoms with van der Waals surface area (Å²) in [6.45, 7) is 3.61. The fourth-order valence-corrected chi connectivity index (χ4v) is 8.60. The quantitative estimate of drug-likeness (QED) is 0.0261. The summed E-state index contributed by atoms with van der Waals surface area (Å²) in [5.41, 5.74) is 0.